The molecule has 0 saturated heterocycles. The van der Waals surface area contributed by atoms with Crippen LogP contribution in [0, 0.1) is 32.4 Å². The molecule has 16 nitrogen and oxygen atoms in total. The van der Waals surface area contributed by atoms with Gasteiger partial charge in [-0.05, 0) is 63.6 Å². The van der Waals surface area contributed by atoms with Crippen molar-refractivity contribution in [1.82, 2.24) is 49.1 Å². The second kappa shape index (κ2) is 16.3. The minimum absolute atomic E-state index is 0. The van der Waals surface area contributed by atoms with Gasteiger partial charge in [0.1, 0.15) is 57.9 Å². The van der Waals surface area contributed by atoms with Crippen molar-refractivity contribution in [2.24, 2.45) is 0 Å². The molecule has 0 bridgehead atoms. The van der Waals surface area contributed by atoms with Crippen LogP contribution in [0.1, 0.15) is 53.5 Å². The summed E-state index contributed by atoms with van der Waals surface area (Å²) in [6, 6.07) is 16.2. The standard InChI is InChI=1S/C20H17FN6O2.C19H15FN6O2.2H2/c1-3-14-5-4-6-18(23-14)24-20(28)17-8-16(11-27-12(2)25-26-19(17)27)29-15-7-13(21)9-22-10-15;1-11-4-3-5-17(22-11)23-19(27)16-7-15(10-26-12(2)24-25-18(16)26)28-14-6-13(20)8-21-9-14;;/h4-11H,3H2,1-2H3,(H,23,24,28);3-10H,1-2H3,(H,22,23,27);2*1H. The molecule has 2 amide bonds. The van der Waals surface area contributed by atoms with Gasteiger partial charge in [-0.3, -0.25) is 28.4 Å². The van der Waals surface area contributed by atoms with Crippen LogP contribution in [0.15, 0.2) is 97.8 Å². The van der Waals surface area contributed by atoms with E-state index in [1.54, 1.807) is 53.2 Å². The minimum Gasteiger partial charge on any atom is -0.454 e. The molecule has 8 aromatic rings. The highest BCUT2D eigenvalue weighted by atomic mass is 19.1. The van der Waals surface area contributed by atoms with Crippen molar-refractivity contribution in [3.05, 3.63) is 144 Å². The summed E-state index contributed by atoms with van der Waals surface area (Å²) >= 11 is 0. The first-order chi connectivity index (χ1) is 27.5. The van der Waals surface area contributed by atoms with Gasteiger partial charge < -0.3 is 20.1 Å². The molecule has 8 aromatic heterocycles. The Labute approximate surface area is 325 Å². The highest BCUT2D eigenvalue weighted by Crippen LogP contribution is 2.27. The number of aryl methyl sites for hydroxylation is 4. The number of halogens is 2. The number of nitrogens with zero attached hydrogens (tertiary/aromatic N) is 10. The largest absolute Gasteiger partial charge is 0.454 e. The predicted molar refractivity (Wildman–Crippen MR) is 207 cm³/mol. The highest BCUT2D eigenvalue weighted by Gasteiger charge is 2.19. The molecule has 0 unspecified atom stereocenters. The van der Waals surface area contributed by atoms with E-state index in [9.17, 15) is 18.4 Å². The lowest BCUT2D eigenvalue weighted by molar-refractivity contribution is 0.101. The smallest absolute Gasteiger partial charge is 0.260 e. The Morgan fingerprint density at radius 3 is 1.61 bits per heavy atom. The lowest BCUT2D eigenvalue weighted by Gasteiger charge is -2.10. The number of fused-ring (bicyclic) bond motifs is 2. The fourth-order valence-corrected chi connectivity index (χ4v) is 5.50. The minimum atomic E-state index is -0.525. The van der Waals surface area contributed by atoms with Crippen LogP contribution in [0.2, 0.25) is 0 Å². The number of nitrogens with one attached hydrogen (secondary N) is 2. The van der Waals surface area contributed by atoms with Gasteiger partial charge in [-0.1, -0.05) is 19.1 Å². The van der Waals surface area contributed by atoms with Crippen LogP contribution in [0.25, 0.3) is 11.3 Å². The fourth-order valence-electron chi connectivity index (χ4n) is 5.50. The van der Waals surface area contributed by atoms with Crippen molar-refractivity contribution in [2.45, 2.75) is 34.1 Å². The zero-order valence-corrected chi connectivity index (χ0v) is 30.8. The number of carbonyl (C=O) groups excluding carboxylic acids is 2. The summed E-state index contributed by atoms with van der Waals surface area (Å²) in [5.41, 5.74) is 2.87. The van der Waals surface area contributed by atoms with Crippen molar-refractivity contribution < 1.29 is 30.7 Å². The quantitative estimate of drug-likeness (QED) is 0.148. The number of pyridine rings is 6. The Morgan fingerprint density at radius 1 is 0.649 bits per heavy atom. The van der Waals surface area contributed by atoms with E-state index in [0.717, 1.165) is 30.2 Å². The molecule has 0 aliphatic rings. The predicted octanol–water partition coefficient (Wildman–Crippen LogP) is 7.39. The number of aromatic nitrogens is 10. The van der Waals surface area contributed by atoms with E-state index in [2.05, 4.69) is 51.0 Å². The van der Waals surface area contributed by atoms with E-state index >= 15 is 0 Å². The number of carbonyl (C=O) groups is 2. The van der Waals surface area contributed by atoms with E-state index in [1.807, 2.05) is 32.0 Å². The average molecular weight is 775 g/mol. The maximum absolute atomic E-state index is 13.4. The fraction of sp³-hybridized carbons (Fsp3) is 0.128. The second-order valence-corrected chi connectivity index (χ2v) is 12.4. The molecule has 0 aromatic carbocycles. The van der Waals surface area contributed by atoms with Crippen LogP contribution in [0.3, 0.4) is 0 Å². The van der Waals surface area contributed by atoms with Crippen molar-refractivity contribution in [2.75, 3.05) is 10.6 Å². The lowest BCUT2D eigenvalue weighted by Crippen LogP contribution is -2.15. The molecule has 8 rings (SSSR count). The molecule has 8 heterocycles. The van der Waals surface area contributed by atoms with Crippen LogP contribution < -0.4 is 20.1 Å². The first-order valence-electron chi connectivity index (χ1n) is 17.3. The number of rotatable bonds is 9. The highest BCUT2D eigenvalue weighted by molar-refractivity contribution is 6.08. The summed E-state index contributed by atoms with van der Waals surface area (Å²) in [6.07, 6.45) is 8.92. The molecule has 0 aliphatic heterocycles. The lowest BCUT2D eigenvalue weighted by atomic mass is 10.2. The summed E-state index contributed by atoms with van der Waals surface area (Å²) in [6.45, 7) is 7.31. The number of hydrogen-bond donors (Lipinski definition) is 2. The van der Waals surface area contributed by atoms with Gasteiger partial charge in [0.2, 0.25) is 0 Å². The third kappa shape index (κ3) is 8.80. The monoisotopic (exact) mass is 774 g/mol. The summed E-state index contributed by atoms with van der Waals surface area (Å²) in [7, 11) is 0. The molecule has 0 fully saturated rings. The molecule has 0 aliphatic carbocycles. The zero-order chi connectivity index (χ0) is 40.1. The second-order valence-electron chi connectivity index (χ2n) is 12.4. The van der Waals surface area contributed by atoms with Crippen molar-refractivity contribution in [3.8, 4) is 23.0 Å². The molecule has 0 atom stereocenters. The Balaban J connectivity index is 0.000000217. The molecule has 2 N–H and O–H groups in total. The van der Waals surface area contributed by atoms with E-state index < -0.39 is 23.4 Å². The molecule has 0 radical (unpaired) electrons. The molecular weight excluding hydrogens is 739 g/mol. The first-order valence-corrected chi connectivity index (χ1v) is 17.3. The normalized spacial score (nSPS) is 10.8. The van der Waals surface area contributed by atoms with Crippen LogP contribution in [0.5, 0.6) is 23.0 Å². The van der Waals surface area contributed by atoms with E-state index in [0.29, 0.717) is 46.1 Å². The van der Waals surface area contributed by atoms with E-state index in [1.165, 1.54) is 36.7 Å². The van der Waals surface area contributed by atoms with Crippen LogP contribution in [-0.4, -0.2) is 60.9 Å². The van der Waals surface area contributed by atoms with Gasteiger partial charge in [0.25, 0.3) is 11.8 Å². The van der Waals surface area contributed by atoms with Crippen molar-refractivity contribution in [1.29, 1.82) is 0 Å². The molecule has 0 saturated carbocycles. The maximum atomic E-state index is 13.4. The third-order valence-corrected chi connectivity index (χ3v) is 8.16. The molecule has 18 heteroatoms. The van der Waals surface area contributed by atoms with Gasteiger partial charge >= 0.3 is 0 Å². The summed E-state index contributed by atoms with van der Waals surface area (Å²) in [5, 5.41) is 21.7. The summed E-state index contributed by atoms with van der Waals surface area (Å²) in [5.74, 6) is 1.15. The van der Waals surface area contributed by atoms with E-state index in [4.69, 9.17) is 9.47 Å². The van der Waals surface area contributed by atoms with Gasteiger partial charge in [-0.2, -0.15) is 0 Å². The maximum Gasteiger partial charge on any atom is 0.260 e. The molecule has 57 heavy (non-hydrogen) atoms. The topological polar surface area (TPSA) is 189 Å². The van der Waals surface area contributed by atoms with E-state index in [-0.39, 0.29) is 25.5 Å². The summed E-state index contributed by atoms with van der Waals surface area (Å²) < 4.78 is 41.4. The van der Waals surface area contributed by atoms with Gasteiger partial charge in [0.15, 0.2) is 11.3 Å². The number of hydrogen-bond acceptors (Lipinski definition) is 12. The Bertz CT molecular complexity index is 2790. The number of amides is 2. The molecular formula is C39H36F2N12O4. The van der Waals surface area contributed by atoms with Gasteiger partial charge in [0.05, 0.1) is 48.3 Å². The zero-order valence-electron chi connectivity index (χ0n) is 30.8. The first kappa shape index (κ1) is 37.6. The third-order valence-electron chi connectivity index (χ3n) is 8.16. The SMILES string of the molecule is CCc1cccc(NC(=O)c2cc(Oc3cncc(F)c3)cn3c(C)nnc23)n1.Cc1cccc(NC(=O)c2cc(Oc3cncc(F)c3)cn3c(C)nnc23)n1.[HH].[HH]. The van der Waals surface area contributed by atoms with Crippen LogP contribution in [0.4, 0.5) is 20.4 Å². The van der Waals surface area contributed by atoms with Gasteiger partial charge in [0, 0.05) is 26.4 Å². The Kier molecular flexibility index (Phi) is 10.7. The van der Waals surface area contributed by atoms with Crippen molar-refractivity contribution in [3.63, 3.8) is 0 Å². The summed E-state index contributed by atoms with van der Waals surface area (Å²) in [4.78, 5) is 42.0. The van der Waals surface area contributed by atoms with Gasteiger partial charge in [-0.25, -0.2) is 18.7 Å². The molecule has 0 spiro atoms. The number of anilines is 2. The number of ether oxygens (including phenoxy) is 2. The van der Waals surface area contributed by atoms with Crippen LogP contribution in [-0.2, 0) is 6.42 Å². The Morgan fingerprint density at radius 2 is 1.14 bits per heavy atom. The van der Waals surface area contributed by atoms with Gasteiger partial charge in [-0.15, -0.1) is 20.4 Å². The van der Waals surface area contributed by atoms with Crippen molar-refractivity contribution >= 4 is 34.7 Å². The Hall–Kier alpha value is -7.76. The van der Waals surface area contributed by atoms with Crippen LogP contribution >= 0.6 is 0 Å². The molecule has 290 valence electrons. The average Bonchev–Trinajstić information content (AvgIpc) is 3.75.